The molecule has 0 radical (unpaired) electrons. The lowest BCUT2D eigenvalue weighted by atomic mass is 9.93. The number of aryl methyl sites for hydroxylation is 2. The van der Waals surface area contributed by atoms with Crippen LogP contribution in [0.25, 0.3) is 0 Å². The molecular formula is C17H29N. The Labute approximate surface area is 113 Å². The Morgan fingerprint density at radius 1 is 1.22 bits per heavy atom. The Kier molecular flexibility index (Phi) is 7.04. The van der Waals surface area contributed by atoms with Gasteiger partial charge in [0.15, 0.2) is 0 Å². The summed E-state index contributed by atoms with van der Waals surface area (Å²) in [7, 11) is 2.10. The van der Waals surface area contributed by atoms with Crippen LogP contribution in [0, 0.1) is 12.8 Å². The third-order valence-corrected chi connectivity index (χ3v) is 3.74. The average molecular weight is 247 g/mol. The zero-order chi connectivity index (χ0) is 13.4. The maximum Gasteiger partial charge on any atom is 0.00697 e. The van der Waals surface area contributed by atoms with E-state index < -0.39 is 0 Å². The van der Waals surface area contributed by atoms with Crippen LogP contribution in [0.1, 0.15) is 50.7 Å². The highest BCUT2D eigenvalue weighted by Gasteiger charge is 2.11. The third-order valence-electron chi connectivity index (χ3n) is 3.74. The van der Waals surface area contributed by atoms with Crippen LogP contribution in [0.4, 0.5) is 0 Å². The number of hydrogen-bond donors (Lipinski definition) is 1. The van der Waals surface area contributed by atoms with E-state index in [1.54, 1.807) is 0 Å². The fraction of sp³-hybridized carbons (Fsp3) is 0.647. The highest BCUT2D eigenvalue weighted by Crippen LogP contribution is 2.16. The van der Waals surface area contributed by atoms with Gasteiger partial charge in [0.2, 0.25) is 0 Å². The molecule has 1 rings (SSSR count). The van der Waals surface area contributed by atoms with Crippen LogP contribution in [-0.4, -0.2) is 13.1 Å². The van der Waals surface area contributed by atoms with Crippen LogP contribution in [0.2, 0.25) is 0 Å². The second-order valence-corrected chi connectivity index (χ2v) is 5.64. The van der Waals surface area contributed by atoms with E-state index >= 15 is 0 Å². The molecular weight excluding hydrogens is 218 g/mol. The van der Waals surface area contributed by atoms with Crippen molar-refractivity contribution in [3.63, 3.8) is 0 Å². The molecule has 0 heterocycles. The lowest BCUT2D eigenvalue weighted by Gasteiger charge is -2.20. The Morgan fingerprint density at radius 2 is 2.00 bits per heavy atom. The van der Waals surface area contributed by atoms with Gasteiger partial charge in [-0.05, 0) is 44.7 Å². The van der Waals surface area contributed by atoms with Crippen molar-refractivity contribution in [2.24, 2.45) is 5.92 Å². The average Bonchev–Trinajstić information content (AvgIpc) is 2.35. The van der Waals surface area contributed by atoms with E-state index in [1.165, 1.54) is 43.2 Å². The van der Waals surface area contributed by atoms with E-state index in [0.29, 0.717) is 6.04 Å². The zero-order valence-corrected chi connectivity index (χ0v) is 12.5. The first kappa shape index (κ1) is 15.2. The van der Waals surface area contributed by atoms with Gasteiger partial charge in [0.25, 0.3) is 0 Å². The SMILES string of the molecule is CCCC(C)CC(CCc1cccc(C)c1)NC. The molecule has 0 amide bonds. The van der Waals surface area contributed by atoms with Gasteiger partial charge in [-0.3, -0.25) is 0 Å². The summed E-state index contributed by atoms with van der Waals surface area (Å²) in [6.45, 7) is 6.82. The standard InChI is InChI=1S/C17H29N/c1-5-7-14(2)13-17(18-4)11-10-16-9-6-8-15(3)12-16/h6,8-9,12,14,17-18H,5,7,10-11,13H2,1-4H3. The normalized spacial score (nSPS) is 14.4. The van der Waals surface area contributed by atoms with Crippen molar-refractivity contribution in [1.29, 1.82) is 0 Å². The quantitative estimate of drug-likeness (QED) is 0.720. The Hall–Kier alpha value is -0.820. The molecule has 0 aliphatic carbocycles. The molecule has 1 aromatic rings. The molecule has 0 bridgehead atoms. The van der Waals surface area contributed by atoms with Gasteiger partial charge in [0.05, 0.1) is 0 Å². The molecule has 1 nitrogen and oxygen atoms in total. The first-order chi connectivity index (χ1) is 8.65. The van der Waals surface area contributed by atoms with E-state index in [0.717, 1.165) is 5.92 Å². The van der Waals surface area contributed by atoms with Gasteiger partial charge < -0.3 is 5.32 Å². The highest BCUT2D eigenvalue weighted by molar-refractivity contribution is 5.22. The Morgan fingerprint density at radius 3 is 2.61 bits per heavy atom. The van der Waals surface area contributed by atoms with Crippen LogP contribution in [0.3, 0.4) is 0 Å². The monoisotopic (exact) mass is 247 g/mol. The Balaban J connectivity index is 2.39. The fourth-order valence-electron chi connectivity index (χ4n) is 2.68. The molecule has 1 heteroatoms. The van der Waals surface area contributed by atoms with Gasteiger partial charge in [-0.1, -0.05) is 56.5 Å². The molecule has 0 saturated heterocycles. The molecule has 0 spiro atoms. The predicted molar refractivity (Wildman–Crippen MR) is 81.0 cm³/mol. The minimum Gasteiger partial charge on any atom is -0.317 e. The lowest BCUT2D eigenvalue weighted by molar-refractivity contribution is 0.384. The van der Waals surface area contributed by atoms with Crippen LogP contribution in [-0.2, 0) is 6.42 Å². The molecule has 18 heavy (non-hydrogen) atoms. The van der Waals surface area contributed by atoms with Crippen LogP contribution in [0.15, 0.2) is 24.3 Å². The summed E-state index contributed by atoms with van der Waals surface area (Å²) >= 11 is 0. The molecule has 2 atom stereocenters. The molecule has 1 N–H and O–H groups in total. The smallest absolute Gasteiger partial charge is 0.00697 e. The van der Waals surface area contributed by atoms with Gasteiger partial charge in [-0.15, -0.1) is 0 Å². The van der Waals surface area contributed by atoms with Crippen molar-refractivity contribution >= 4 is 0 Å². The summed E-state index contributed by atoms with van der Waals surface area (Å²) < 4.78 is 0. The third kappa shape index (κ3) is 5.68. The predicted octanol–water partition coefficient (Wildman–Crippen LogP) is 4.34. The topological polar surface area (TPSA) is 12.0 Å². The van der Waals surface area contributed by atoms with Crippen molar-refractivity contribution in [3.8, 4) is 0 Å². The number of nitrogens with one attached hydrogen (secondary N) is 1. The van der Waals surface area contributed by atoms with Crippen molar-refractivity contribution in [2.45, 2.75) is 58.9 Å². The van der Waals surface area contributed by atoms with Gasteiger partial charge in [-0.2, -0.15) is 0 Å². The lowest BCUT2D eigenvalue weighted by Crippen LogP contribution is -2.27. The van der Waals surface area contributed by atoms with E-state index in [9.17, 15) is 0 Å². The van der Waals surface area contributed by atoms with E-state index in [2.05, 4.69) is 57.4 Å². The van der Waals surface area contributed by atoms with E-state index in [4.69, 9.17) is 0 Å². The summed E-state index contributed by atoms with van der Waals surface area (Å²) in [6, 6.07) is 9.55. The van der Waals surface area contributed by atoms with Crippen molar-refractivity contribution < 1.29 is 0 Å². The maximum atomic E-state index is 3.48. The minimum absolute atomic E-state index is 0.659. The first-order valence-electron chi connectivity index (χ1n) is 7.38. The van der Waals surface area contributed by atoms with Gasteiger partial charge in [0, 0.05) is 6.04 Å². The van der Waals surface area contributed by atoms with Crippen LogP contribution < -0.4 is 5.32 Å². The van der Waals surface area contributed by atoms with Crippen molar-refractivity contribution in [2.75, 3.05) is 7.05 Å². The summed E-state index contributed by atoms with van der Waals surface area (Å²) in [5.74, 6) is 0.838. The van der Waals surface area contributed by atoms with E-state index in [1.807, 2.05) is 0 Å². The maximum absolute atomic E-state index is 3.48. The molecule has 102 valence electrons. The second-order valence-electron chi connectivity index (χ2n) is 5.64. The zero-order valence-electron chi connectivity index (χ0n) is 12.5. The number of rotatable bonds is 8. The van der Waals surface area contributed by atoms with Gasteiger partial charge >= 0.3 is 0 Å². The fourth-order valence-corrected chi connectivity index (χ4v) is 2.68. The molecule has 0 aliphatic rings. The van der Waals surface area contributed by atoms with Gasteiger partial charge in [-0.25, -0.2) is 0 Å². The van der Waals surface area contributed by atoms with Gasteiger partial charge in [0.1, 0.15) is 0 Å². The largest absolute Gasteiger partial charge is 0.317 e. The second kappa shape index (κ2) is 8.31. The van der Waals surface area contributed by atoms with Crippen molar-refractivity contribution in [1.82, 2.24) is 5.32 Å². The van der Waals surface area contributed by atoms with Crippen LogP contribution in [0.5, 0.6) is 0 Å². The number of hydrogen-bond acceptors (Lipinski definition) is 1. The van der Waals surface area contributed by atoms with Crippen molar-refractivity contribution in [3.05, 3.63) is 35.4 Å². The molecule has 0 aromatic heterocycles. The molecule has 1 aromatic carbocycles. The highest BCUT2D eigenvalue weighted by atomic mass is 14.9. The molecule has 0 fully saturated rings. The summed E-state index contributed by atoms with van der Waals surface area (Å²) in [6.07, 6.45) is 6.38. The minimum atomic E-state index is 0.659. The molecule has 2 unspecified atom stereocenters. The Bertz CT molecular complexity index is 332. The summed E-state index contributed by atoms with van der Waals surface area (Å²) in [4.78, 5) is 0. The van der Waals surface area contributed by atoms with Crippen LogP contribution >= 0.6 is 0 Å². The molecule has 0 saturated carbocycles. The first-order valence-corrected chi connectivity index (χ1v) is 7.38. The summed E-state index contributed by atoms with van der Waals surface area (Å²) in [5, 5.41) is 3.48. The number of benzene rings is 1. The summed E-state index contributed by atoms with van der Waals surface area (Å²) in [5.41, 5.74) is 2.84. The van der Waals surface area contributed by atoms with E-state index in [-0.39, 0.29) is 0 Å². The molecule has 0 aliphatic heterocycles.